The Morgan fingerprint density at radius 2 is 1.72 bits per heavy atom. The van der Waals surface area contributed by atoms with Gasteiger partial charge in [0.2, 0.25) is 5.91 Å². The SMILES string of the molecule is COc1ccc(-n2c(SCC(=O)NCc3ccc(C)cc3)nnc2-c2ccncc2)cc1. The van der Waals surface area contributed by atoms with Gasteiger partial charge >= 0.3 is 0 Å². The Labute approximate surface area is 190 Å². The number of hydrogen-bond acceptors (Lipinski definition) is 6. The van der Waals surface area contributed by atoms with Crippen molar-refractivity contribution in [3.05, 3.63) is 84.2 Å². The van der Waals surface area contributed by atoms with Crippen molar-refractivity contribution in [3.8, 4) is 22.8 Å². The van der Waals surface area contributed by atoms with Crippen molar-refractivity contribution < 1.29 is 9.53 Å². The number of nitrogens with one attached hydrogen (secondary N) is 1. The van der Waals surface area contributed by atoms with Crippen LogP contribution in [0.3, 0.4) is 0 Å². The molecule has 0 spiro atoms. The van der Waals surface area contributed by atoms with E-state index < -0.39 is 0 Å². The van der Waals surface area contributed by atoms with Crippen molar-refractivity contribution in [1.82, 2.24) is 25.1 Å². The lowest BCUT2D eigenvalue weighted by Gasteiger charge is -2.11. The molecule has 0 bridgehead atoms. The Kier molecular flexibility index (Phi) is 6.81. The van der Waals surface area contributed by atoms with Gasteiger partial charge in [-0.1, -0.05) is 41.6 Å². The third-order valence-electron chi connectivity index (χ3n) is 4.85. The third kappa shape index (κ3) is 5.15. The minimum absolute atomic E-state index is 0.0645. The van der Waals surface area contributed by atoms with E-state index in [1.807, 2.05) is 72.2 Å². The van der Waals surface area contributed by atoms with Gasteiger partial charge in [-0.05, 0) is 48.9 Å². The molecular weight excluding hydrogens is 422 g/mol. The lowest BCUT2D eigenvalue weighted by Crippen LogP contribution is -2.24. The molecule has 0 aliphatic carbocycles. The van der Waals surface area contributed by atoms with Gasteiger partial charge in [-0.15, -0.1) is 10.2 Å². The number of rotatable bonds is 8. The number of aromatic nitrogens is 4. The van der Waals surface area contributed by atoms with Crippen molar-refractivity contribution in [1.29, 1.82) is 0 Å². The maximum Gasteiger partial charge on any atom is 0.230 e. The summed E-state index contributed by atoms with van der Waals surface area (Å²) in [6.07, 6.45) is 3.43. The summed E-state index contributed by atoms with van der Waals surface area (Å²) >= 11 is 1.34. The van der Waals surface area contributed by atoms with Gasteiger partial charge in [-0.3, -0.25) is 14.3 Å². The minimum atomic E-state index is -0.0645. The first-order valence-electron chi connectivity index (χ1n) is 10.1. The Balaban J connectivity index is 1.52. The second kappa shape index (κ2) is 10.1. The first-order chi connectivity index (χ1) is 15.6. The van der Waals surface area contributed by atoms with E-state index in [2.05, 4.69) is 20.5 Å². The molecule has 0 saturated heterocycles. The van der Waals surface area contributed by atoms with Crippen LogP contribution < -0.4 is 10.1 Å². The van der Waals surface area contributed by atoms with E-state index >= 15 is 0 Å². The fourth-order valence-corrected chi connectivity index (χ4v) is 3.88. The summed E-state index contributed by atoms with van der Waals surface area (Å²) in [5.41, 5.74) is 4.03. The van der Waals surface area contributed by atoms with E-state index in [1.54, 1.807) is 19.5 Å². The van der Waals surface area contributed by atoms with Gasteiger partial charge in [0.1, 0.15) is 5.75 Å². The number of carbonyl (C=O) groups is 1. The molecule has 1 amide bonds. The van der Waals surface area contributed by atoms with Crippen LogP contribution in [0.1, 0.15) is 11.1 Å². The highest BCUT2D eigenvalue weighted by Crippen LogP contribution is 2.28. The van der Waals surface area contributed by atoms with Crippen molar-refractivity contribution in [2.75, 3.05) is 12.9 Å². The zero-order valence-electron chi connectivity index (χ0n) is 17.9. The summed E-state index contributed by atoms with van der Waals surface area (Å²) in [4.78, 5) is 16.5. The maximum absolute atomic E-state index is 12.5. The highest BCUT2D eigenvalue weighted by atomic mass is 32.2. The van der Waals surface area contributed by atoms with Crippen LogP contribution in [-0.4, -0.2) is 38.5 Å². The Morgan fingerprint density at radius 3 is 2.41 bits per heavy atom. The van der Waals surface area contributed by atoms with E-state index in [4.69, 9.17) is 4.74 Å². The van der Waals surface area contributed by atoms with Crippen LogP contribution in [0.2, 0.25) is 0 Å². The van der Waals surface area contributed by atoms with Crippen LogP contribution >= 0.6 is 11.8 Å². The van der Waals surface area contributed by atoms with Gasteiger partial charge in [0.15, 0.2) is 11.0 Å². The molecule has 32 heavy (non-hydrogen) atoms. The topological polar surface area (TPSA) is 81.9 Å². The number of amides is 1. The molecule has 2 aromatic heterocycles. The minimum Gasteiger partial charge on any atom is -0.497 e. The fraction of sp³-hybridized carbons (Fsp3) is 0.167. The van der Waals surface area contributed by atoms with E-state index in [0.717, 1.165) is 22.6 Å². The molecule has 0 unspecified atom stereocenters. The number of benzene rings is 2. The molecule has 0 atom stereocenters. The smallest absolute Gasteiger partial charge is 0.230 e. The van der Waals surface area contributed by atoms with E-state index in [0.29, 0.717) is 17.5 Å². The highest BCUT2D eigenvalue weighted by molar-refractivity contribution is 7.99. The normalized spacial score (nSPS) is 10.7. The second-order valence-corrected chi connectivity index (χ2v) is 8.07. The van der Waals surface area contributed by atoms with Crippen molar-refractivity contribution in [2.45, 2.75) is 18.6 Å². The van der Waals surface area contributed by atoms with Gasteiger partial charge in [0.25, 0.3) is 0 Å². The maximum atomic E-state index is 12.5. The number of carbonyl (C=O) groups excluding carboxylic acids is 1. The molecule has 1 N–H and O–H groups in total. The fourth-order valence-electron chi connectivity index (χ4n) is 3.10. The van der Waals surface area contributed by atoms with E-state index in [9.17, 15) is 4.79 Å². The first-order valence-corrected chi connectivity index (χ1v) is 11.1. The third-order valence-corrected chi connectivity index (χ3v) is 5.77. The summed E-state index contributed by atoms with van der Waals surface area (Å²) in [6.45, 7) is 2.53. The number of hydrogen-bond donors (Lipinski definition) is 1. The van der Waals surface area contributed by atoms with Gasteiger partial charge < -0.3 is 10.1 Å². The average molecular weight is 446 g/mol. The molecule has 8 heteroatoms. The summed E-state index contributed by atoms with van der Waals surface area (Å²) in [5.74, 6) is 1.61. The van der Waals surface area contributed by atoms with Crippen LogP contribution in [0.25, 0.3) is 17.1 Å². The molecule has 0 aliphatic rings. The molecule has 2 aromatic carbocycles. The van der Waals surface area contributed by atoms with Crippen molar-refractivity contribution in [2.24, 2.45) is 0 Å². The number of ether oxygens (including phenoxy) is 1. The average Bonchev–Trinajstić information content (AvgIpc) is 3.27. The first kappa shape index (κ1) is 21.6. The number of nitrogens with zero attached hydrogens (tertiary/aromatic N) is 4. The lowest BCUT2D eigenvalue weighted by molar-refractivity contribution is -0.118. The van der Waals surface area contributed by atoms with Crippen molar-refractivity contribution in [3.63, 3.8) is 0 Å². The Bertz CT molecular complexity index is 1180. The zero-order chi connectivity index (χ0) is 22.3. The molecule has 4 aromatic rings. The second-order valence-electron chi connectivity index (χ2n) is 7.13. The van der Waals surface area contributed by atoms with Crippen LogP contribution in [0, 0.1) is 6.92 Å². The van der Waals surface area contributed by atoms with E-state index in [-0.39, 0.29) is 11.7 Å². The zero-order valence-corrected chi connectivity index (χ0v) is 18.7. The number of pyridine rings is 1. The number of aryl methyl sites for hydroxylation is 1. The molecule has 7 nitrogen and oxygen atoms in total. The van der Waals surface area contributed by atoms with Crippen LogP contribution in [-0.2, 0) is 11.3 Å². The molecule has 0 aliphatic heterocycles. The predicted molar refractivity (Wildman–Crippen MR) is 125 cm³/mol. The molecule has 0 fully saturated rings. The van der Waals surface area contributed by atoms with Gasteiger partial charge in [-0.25, -0.2) is 0 Å². The summed E-state index contributed by atoms with van der Waals surface area (Å²) in [7, 11) is 1.63. The summed E-state index contributed by atoms with van der Waals surface area (Å²) < 4.78 is 7.21. The van der Waals surface area contributed by atoms with E-state index in [1.165, 1.54) is 17.3 Å². The van der Waals surface area contributed by atoms with Gasteiger partial charge in [0, 0.05) is 30.2 Å². The molecule has 0 saturated carbocycles. The summed E-state index contributed by atoms with van der Waals surface area (Å²) in [5, 5.41) is 12.3. The quantitative estimate of drug-likeness (QED) is 0.412. The summed E-state index contributed by atoms with van der Waals surface area (Å²) in [6, 6.07) is 19.5. The van der Waals surface area contributed by atoms with Gasteiger partial charge in [-0.2, -0.15) is 0 Å². The lowest BCUT2D eigenvalue weighted by atomic mass is 10.1. The molecule has 0 radical (unpaired) electrons. The molecule has 162 valence electrons. The van der Waals surface area contributed by atoms with Crippen molar-refractivity contribution >= 4 is 17.7 Å². The Hall–Kier alpha value is -3.65. The monoisotopic (exact) mass is 445 g/mol. The predicted octanol–water partition coefficient (Wildman–Crippen LogP) is 4.05. The molecule has 4 rings (SSSR count). The van der Waals surface area contributed by atoms with Crippen LogP contribution in [0.5, 0.6) is 5.75 Å². The van der Waals surface area contributed by atoms with Crippen LogP contribution in [0.4, 0.5) is 0 Å². The van der Waals surface area contributed by atoms with Crippen LogP contribution in [0.15, 0.2) is 78.2 Å². The standard InChI is InChI=1S/C24H23N5O2S/c1-17-3-5-18(6-4-17)15-26-22(30)16-32-24-28-27-23(19-11-13-25-14-12-19)29(24)20-7-9-21(31-2)10-8-20/h3-14H,15-16H2,1-2H3,(H,26,30). The number of thioether (sulfide) groups is 1. The molecular formula is C24H23N5O2S. The highest BCUT2D eigenvalue weighted by Gasteiger charge is 2.17. The number of methoxy groups -OCH3 is 1. The largest absolute Gasteiger partial charge is 0.497 e. The Morgan fingerprint density at radius 1 is 1.00 bits per heavy atom. The molecule has 2 heterocycles. The van der Waals surface area contributed by atoms with Gasteiger partial charge in [0.05, 0.1) is 12.9 Å².